The zero-order valence-corrected chi connectivity index (χ0v) is 10.9. The van der Waals surface area contributed by atoms with E-state index in [-0.39, 0.29) is 5.91 Å². The first-order valence-corrected chi connectivity index (χ1v) is 6.63. The average Bonchev–Trinajstić information content (AvgIpc) is 2.84. The van der Waals surface area contributed by atoms with E-state index < -0.39 is 0 Å². The largest absolute Gasteiger partial charge is 0.384 e. The predicted octanol–water partition coefficient (Wildman–Crippen LogP) is 1.27. The van der Waals surface area contributed by atoms with E-state index in [1.165, 1.54) is 16.8 Å². The van der Waals surface area contributed by atoms with Crippen LogP contribution in [0.3, 0.4) is 0 Å². The van der Waals surface area contributed by atoms with Crippen molar-refractivity contribution >= 4 is 11.6 Å². The Bertz CT molecular complexity index is 418. The molecule has 1 aromatic carbocycles. The molecule has 0 atom stereocenters. The van der Waals surface area contributed by atoms with Crippen molar-refractivity contribution in [2.24, 2.45) is 0 Å². The molecule has 4 heteroatoms. The summed E-state index contributed by atoms with van der Waals surface area (Å²) in [5, 5.41) is 9.53. The van der Waals surface area contributed by atoms with Crippen molar-refractivity contribution in [1.82, 2.24) is 10.6 Å². The summed E-state index contributed by atoms with van der Waals surface area (Å²) < 4.78 is 0. The molecule has 0 spiro atoms. The fourth-order valence-corrected chi connectivity index (χ4v) is 2.27. The number of benzene rings is 1. The van der Waals surface area contributed by atoms with Gasteiger partial charge in [-0.15, -0.1) is 0 Å². The lowest BCUT2D eigenvalue weighted by Gasteiger charge is -2.10. The topological polar surface area (TPSA) is 53.2 Å². The Balaban J connectivity index is 1.77. The summed E-state index contributed by atoms with van der Waals surface area (Å²) in [5.41, 5.74) is 3.97. The van der Waals surface area contributed by atoms with E-state index in [2.05, 4.69) is 34.1 Å². The number of fused-ring (bicyclic) bond motifs is 1. The standard InChI is InChI=1S/C14H21N3O/c1-2-16-13(18)7-8-15-10-12-5-3-4-11-6-9-17-14(11)12/h3-5,15,17H,2,6-10H2,1H3,(H,16,18). The Labute approximate surface area is 108 Å². The minimum absolute atomic E-state index is 0.112. The number of carbonyl (C=O) groups is 1. The number of hydrogen-bond donors (Lipinski definition) is 3. The molecule has 1 aromatic rings. The Kier molecular flexibility index (Phi) is 4.59. The van der Waals surface area contributed by atoms with Crippen LogP contribution < -0.4 is 16.0 Å². The highest BCUT2D eigenvalue weighted by atomic mass is 16.1. The lowest BCUT2D eigenvalue weighted by Crippen LogP contribution is -2.27. The zero-order valence-electron chi connectivity index (χ0n) is 10.9. The van der Waals surface area contributed by atoms with Crippen LogP contribution in [0.5, 0.6) is 0 Å². The highest BCUT2D eigenvalue weighted by molar-refractivity contribution is 5.75. The molecule has 0 fully saturated rings. The summed E-state index contributed by atoms with van der Waals surface area (Å²) in [7, 11) is 0. The maximum Gasteiger partial charge on any atom is 0.221 e. The molecule has 0 aliphatic carbocycles. The molecule has 0 bridgehead atoms. The number of anilines is 1. The van der Waals surface area contributed by atoms with Crippen LogP contribution in [0.15, 0.2) is 18.2 Å². The van der Waals surface area contributed by atoms with Crippen molar-refractivity contribution in [2.45, 2.75) is 26.3 Å². The van der Waals surface area contributed by atoms with Gasteiger partial charge >= 0.3 is 0 Å². The maximum atomic E-state index is 11.3. The van der Waals surface area contributed by atoms with Gasteiger partial charge < -0.3 is 16.0 Å². The van der Waals surface area contributed by atoms with Gasteiger partial charge in [0, 0.05) is 38.3 Å². The monoisotopic (exact) mass is 247 g/mol. The van der Waals surface area contributed by atoms with Crippen molar-refractivity contribution in [3.8, 4) is 0 Å². The lowest BCUT2D eigenvalue weighted by atomic mass is 10.1. The summed E-state index contributed by atoms with van der Waals surface area (Å²) in [5.74, 6) is 0.112. The van der Waals surface area contributed by atoms with Crippen LogP contribution in [0.4, 0.5) is 5.69 Å². The molecular formula is C14H21N3O. The van der Waals surface area contributed by atoms with Gasteiger partial charge in [0.05, 0.1) is 0 Å². The Hall–Kier alpha value is -1.55. The van der Waals surface area contributed by atoms with Crippen LogP contribution in [0.2, 0.25) is 0 Å². The number of hydrogen-bond acceptors (Lipinski definition) is 3. The van der Waals surface area contributed by atoms with Gasteiger partial charge in [0.25, 0.3) is 0 Å². The van der Waals surface area contributed by atoms with Gasteiger partial charge in [-0.3, -0.25) is 4.79 Å². The third kappa shape index (κ3) is 3.23. The highest BCUT2D eigenvalue weighted by Crippen LogP contribution is 2.25. The Morgan fingerprint density at radius 3 is 3.17 bits per heavy atom. The number of para-hydroxylation sites is 1. The minimum Gasteiger partial charge on any atom is -0.384 e. The quantitative estimate of drug-likeness (QED) is 0.664. The molecule has 3 N–H and O–H groups in total. The van der Waals surface area contributed by atoms with Gasteiger partial charge in [0.15, 0.2) is 0 Å². The van der Waals surface area contributed by atoms with Gasteiger partial charge in [-0.25, -0.2) is 0 Å². The molecule has 0 saturated heterocycles. The molecule has 1 amide bonds. The van der Waals surface area contributed by atoms with Crippen LogP contribution in [-0.4, -0.2) is 25.5 Å². The van der Waals surface area contributed by atoms with Crippen LogP contribution in [0.25, 0.3) is 0 Å². The van der Waals surface area contributed by atoms with E-state index in [9.17, 15) is 4.79 Å². The van der Waals surface area contributed by atoms with Crippen LogP contribution in [0.1, 0.15) is 24.5 Å². The van der Waals surface area contributed by atoms with Gasteiger partial charge in [-0.1, -0.05) is 18.2 Å². The fraction of sp³-hybridized carbons (Fsp3) is 0.500. The number of amides is 1. The third-order valence-corrected chi connectivity index (χ3v) is 3.15. The van der Waals surface area contributed by atoms with Gasteiger partial charge in [0.1, 0.15) is 0 Å². The summed E-state index contributed by atoms with van der Waals surface area (Å²) in [4.78, 5) is 11.3. The van der Waals surface area contributed by atoms with Crippen molar-refractivity contribution in [3.63, 3.8) is 0 Å². The first kappa shape index (κ1) is 12.9. The van der Waals surface area contributed by atoms with Crippen LogP contribution in [-0.2, 0) is 17.8 Å². The van der Waals surface area contributed by atoms with E-state index >= 15 is 0 Å². The number of carbonyl (C=O) groups excluding carboxylic acids is 1. The summed E-state index contributed by atoms with van der Waals surface area (Å²) in [6.07, 6.45) is 1.65. The number of rotatable bonds is 6. The van der Waals surface area contributed by atoms with E-state index in [1.54, 1.807) is 0 Å². The predicted molar refractivity (Wildman–Crippen MR) is 73.6 cm³/mol. The Morgan fingerprint density at radius 1 is 1.44 bits per heavy atom. The summed E-state index contributed by atoms with van der Waals surface area (Å²) in [6, 6.07) is 6.41. The summed E-state index contributed by atoms with van der Waals surface area (Å²) in [6.45, 7) is 5.20. The lowest BCUT2D eigenvalue weighted by molar-refractivity contribution is -0.120. The van der Waals surface area contributed by atoms with Gasteiger partial charge in [-0.05, 0) is 24.5 Å². The molecule has 0 radical (unpaired) electrons. The van der Waals surface area contributed by atoms with Crippen LogP contribution in [0, 0.1) is 0 Å². The Morgan fingerprint density at radius 2 is 2.33 bits per heavy atom. The first-order chi connectivity index (χ1) is 8.81. The SMILES string of the molecule is CCNC(=O)CCNCc1cccc2c1NCC2. The molecule has 0 aromatic heterocycles. The second-order valence-electron chi connectivity index (χ2n) is 4.51. The molecule has 1 heterocycles. The molecule has 2 rings (SSSR count). The molecule has 0 unspecified atom stereocenters. The smallest absolute Gasteiger partial charge is 0.221 e. The average molecular weight is 247 g/mol. The second-order valence-corrected chi connectivity index (χ2v) is 4.51. The van der Waals surface area contributed by atoms with E-state index in [0.717, 1.165) is 26.1 Å². The molecule has 1 aliphatic heterocycles. The maximum absolute atomic E-state index is 11.3. The molecule has 0 saturated carbocycles. The number of nitrogens with one attached hydrogen (secondary N) is 3. The zero-order chi connectivity index (χ0) is 12.8. The van der Waals surface area contributed by atoms with Gasteiger partial charge in [0.2, 0.25) is 5.91 Å². The van der Waals surface area contributed by atoms with E-state index in [0.29, 0.717) is 13.0 Å². The van der Waals surface area contributed by atoms with Gasteiger partial charge in [-0.2, -0.15) is 0 Å². The van der Waals surface area contributed by atoms with Crippen LogP contribution >= 0.6 is 0 Å². The van der Waals surface area contributed by atoms with E-state index in [4.69, 9.17) is 0 Å². The molecular weight excluding hydrogens is 226 g/mol. The molecule has 4 nitrogen and oxygen atoms in total. The van der Waals surface area contributed by atoms with Crippen molar-refractivity contribution in [2.75, 3.05) is 25.0 Å². The minimum atomic E-state index is 0.112. The van der Waals surface area contributed by atoms with Crippen molar-refractivity contribution in [1.29, 1.82) is 0 Å². The molecule has 98 valence electrons. The molecule has 18 heavy (non-hydrogen) atoms. The normalized spacial score (nSPS) is 12.9. The van der Waals surface area contributed by atoms with Crippen molar-refractivity contribution < 1.29 is 4.79 Å². The van der Waals surface area contributed by atoms with E-state index in [1.807, 2.05) is 6.92 Å². The fourth-order valence-electron chi connectivity index (χ4n) is 2.27. The summed E-state index contributed by atoms with van der Waals surface area (Å²) >= 11 is 0. The molecule has 1 aliphatic rings. The first-order valence-electron chi connectivity index (χ1n) is 6.63. The van der Waals surface area contributed by atoms with Crippen molar-refractivity contribution in [3.05, 3.63) is 29.3 Å². The second kappa shape index (κ2) is 6.40. The third-order valence-electron chi connectivity index (χ3n) is 3.15. The highest BCUT2D eigenvalue weighted by Gasteiger charge is 2.12.